The van der Waals surface area contributed by atoms with E-state index >= 15 is 0 Å². The molecule has 3 rings (SSSR count). The molecule has 0 bridgehead atoms. The van der Waals surface area contributed by atoms with Gasteiger partial charge >= 0.3 is 6.09 Å². The predicted molar refractivity (Wildman–Crippen MR) is 87.5 cm³/mol. The Kier molecular flexibility index (Phi) is 4.41. The highest BCUT2D eigenvalue weighted by Crippen LogP contribution is 2.33. The van der Waals surface area contributed by atoms with E-state index in [1.165, 1.54) is 4.90 Å². The molecule has 0 spiro atoms. The minimum atomic E-state index is -1.08. The summed E-state index contributed by atoms with van der Waals surface area (Å²) >= 11 is 0. The number of nitrogens with zero attached hydrogens (tertiary/aromatic N) is 2. The first-order chi connectivity index (χ1) is 10.9. The molecule has 3 atom stereocenters. The number of amides is 2. The van der Waals surface area contributed by atoms with Crippen molar-refractivity contribution in [2.75, 3.05) is 19.7 Å². The van der Waals surface area contributed by atoms with Gasteiger partial charge in [0, 0.05) is 13.1 Å². The van der Waals surface area contributed by atoms with Crippen molar-refractivity contribution < 1.29 is 19.4 Å². The molecule has 1 aromatic carbocycles. The fourth-order valence-corrected chi connectivity index (χ4v) is 3.77. The number of ether oxygens (including phenoxy) is 1. The van der Waals surface area contributed by atoms with Crippen molar-refractivity contribution in [3.63, 3.8) is 0 Å². The van der Waals surface area contributed by atoms with Crippen molar-refractivity contribution >= 4 is 21.4 Å². The Balaban J connectivity index is 1.73. The van der Waals surface area contributed by atoms with Crippen LogP contribution in [0.25, 0.3) is 0 Å². The van der Waals surface area contributed by atoms with Crippen molar-refractivity contribution in [3.8, 4) is 0 Å². The van der Waals surface area contributed by atoms with Gasteiger partial charge in [-0.05, 0) is 12.0 Å². The second kappa shape index (κ2) is 6.19. The molecule has 1 aromatic rings. The van der Waals surface area contributed by atoms with Gasteiger partial charge in [0.1, 0.15) is 12.2 Å². The van der Waals surface area contributed by atoms with E-state index in [1.54, 1.807) is 6.92 Å². The van der Waals surface area contributed by atoms with Crippen LogP contribution >= 0.6 is 9.39 Å². The molecule has 2 aliphatic rings. The monoisotopic (exact) mass is 336 g/mol. The number of imide groups is 1. The molecule has 1 unspecified atom stereocenters. The number of β-amino-alcohol motifs (C(OH)–C–C–N with tert-alkyl or cyclic N) is 1. The van der Waals surface area contributed by atoms with Gasteiger partial charge in [0.05, 0.1) is 12.0 Å². The van der Waals surface area contributed by atoms with Crippen LogP contribution in [0.2, 0.25) is 0 Å². The number of aliphatic hydroxyl groups is 1. The lowest BCUT2D eigenvalue weighted by Gasteiger charge is -2.47. The maximum atomic E-state index is 12.7. The zero-order valence-corrected chi connectivity index (χ0v) is 14.2. The molecule has 2 saturated heterocycles. The maximum Gasteiger partial charge on any atom is 0.416 e. The van der Waals surface area contributed by atoms with Crippen LogP contribution in [0.1, 0.15) is 12.5 Å². The highest BCUT2D eigenvalue weighted by atomic mass is 31.0. The molecule has 2 aliphatic heterocycles. The summed E-state index contributed by atoms with van der Waals surface area (Å²) in [6.45, 7) is 2.67. The quantitative estimate of drug-likeness (QED) is 0.833. The molecule has 124 valence electrons. The second-order valence-electron chi connectivity index (χ2n) is 6.36. The van der Waals surface area contributed by atoms with E-state index in [2.05, 4.69) is 9.39 Å². The van der Waals surface area contributed by atoms with Gasteiger partial charge in [0.15, 0.2) is 0 Å². The zero-order chi connectivity index (χ0) is 16.6. The smallest absolute Gasteiger partial charge is 0.416 e. The topological polar surface area (TPSA) is 70.1 Å². The lowest BCUT2D eigenvalue weighted by molar-refractivity contribution is -0.152. The molecule has 7 heteroatoms. The Bertz CT molecular complexity index is 603. The molecule has 23 heavy (non-hydrogen) atoms. The lowest BCUT2D eigenvalue weighted by atomic mass is 9.82. The molecular formula is C16H21N2O4P. The first-order valence-corrected chi connectivity index (χ1v) is 8.18. The number of carbonyl (C=O) groups excluding carboxylic acids is 2. The molecule has 2 heterocycles. The SMILES string of the molecule is C[C@H](C(=O)N1C(=O)OC[C@H]1Cc1ccccc1)C1(O)CN(P)C1. The lowest BCUT2D eigenvalue weighted by Crippen LogP contribution is -2.64. The van der Waals surface area contributed by atoms with Crippen LogP contribution in [0.15, 0.2) is 30.3 Å². The third kappa shape index (κ3) is 3.11. The number of carbonyl (C=O) groups is 2. The molecule has 0 radical (unpaired) electrons. The van der Waals surface area contributed by atoms with Gasteiger partial charge in [-0.3, -0.25) is 9.46 Å². The van der Waals surface area contributed by atoms with Crippen molar-refractivity contribution in [3.05, 3.63) is 35.9 Å². The van der Waals surface area contributed by atoms with Crippen LogP contribution < -0.4 is 0 Å². The summed E-state index contributed by atoms with van der Waals surface area (Å²) in [5.74, 6) is -1.02. The number of rotatable bonds is 4. The molecule has 0 saturated carbocycles. The summed E-state index contributed by atoms with van der Waals surface area (Å²) in [7, 11) is 2.50. The molecule has 6 nitrogen and oxygen atoms in total. The Morgan fingerprint density at radius 1 is 1.43 bits per heavy atom. The van der Waals surface area contributed by atoms with E-state index in [4.69, 9.17) is 4.74 Å². The minimum absolute atomic E-state index is 0.195. The highest BCUT2D eigenvalue weighted by Gasteiger charge is 2.51. The number of cyclic esters (lactones) is 1. The first kappa shape index (κ1) is 16.4. The molecule has 1 N–H and O–H groups in total. The van der Waals surface area contributed by atoms with Gasteiger partial charge in [-0.1, -0.05) is 46.6 Å². The third-order valence-corrected chi connectivity index (χ3v) is 5.01. The average molecular weight is 336 g/mol. The van der Waals surface area contributed by atoms with E-state index in [0.29, 0.717) is 19.5 Å². The minimum Gasteiger partial charge on any atom is -0.447 e. The molecule has 2 amide bonds. The van der Waals surface area contributed by atoms with Gasteiger partial charge in [-0.25, -0.2) is 9.69 Å². The summed E-state index contributed by atoms with van der Waals surface area (Å²) in [6, 6.07) is 9.36. The third-order valence-electron chi connectivity index (χ3n) is 4.64. The van der Waals surface area contributed by atoms with E-state index in [9.17, 15) is 14.7 Å². The molecule has 0 aromatic heterocycles. The van der Waals surface area contributed by atoms with E-state index in [1.807, 2.05) is 35.0 Å². The van der Waals surface area contributed by atoms with Crippen molar-refractivity contribution in [2.45, 2.75) is 25.0 Å². The first-order valence-electron chi connectivity index (χ1n) is 7.66. The normalized spacial score (nSPS) is 24.9. The van der Waals surface area contributed by atoms with Crippen LogP contribution in [0, 0.1) is 5.92 Å². The Morgan fingerprint density at radius 2 is 2.09 bits per heavy atom. The molecule has 0 aliphatic carbocycles. The average Bonchev–Trinajstić information content (AvgIpc) is 2.86. The largest absolute Gasteiger partial charge is 0.447 e. The summed E-state index contributed by atoms with van der Waals surface area (Å²) in [5.41, 5.74) is -0.0429. The van der Waals surface area contributed by atoms with Crippen LogP contribution in [-0.2, 0) is 16.0 Å². The standard InChI is InChI=1S/C16H21N2O4P/c1-11(16(21)9-17(23)10-16)14(19)18-13(8-22-15(18)20)7-12-5-3-2-4-6-12/h2-6,11,13,21H,7-10,23H2,1H3/t11-,13-/m1/s1. The Labute approximate surface area is 137 Å². The van der Waals surface area contributed by atoms with Gasteiger partial charge < -0.3 is 9.84 Å². The van der Waals surface area contributed by atoms with Crippen molar-refractivity contribution in [2.24, 2.45) is 5.92 Å². The predicted octanol–water partition coefficient (Wildman–Crippen LogP) is 1.05. The van der Waals surface area contributed by atoms with Crippen LogP contribution in [0.5, 0.6) is 0 Å². The summed E-state index contributed by atoms with van der Waals surface area (Å²) in [5, 5.41) is 10.5. The summed E-state index contributed by atoms with van der Waals surface area (Å²) in [4.78, 5) is 25.9. The van der Waals surface area contributed by atoms with Gasteiger partial charge in [0.2, 0.25) is 5.91 Å². The zero-order valence-electron chi connectivity index (χ0n) is 13.0. The van der Waals surface area contributed by atoms with E-state index in [-0.39, 0.29) is 18.6 Å². The Hall–Kier alpha value is -1.49. The van der Waals surface area contributed by atoms with Crippen LogP contribution in [0.4, 0.5) is 4.79 Å². The van der Waals surface area contributed by atoms with Gasteiger partial charge in [-0.2, -0.15) is 0 Å². The number of hydrogen-bond acceptors (Lipinski definition) is 5. The number of hydrogen-bond donors (Lipinski definition) is 1. The van der Waals surface area contributed by atoms with Crippen LogP contribution in [-0.4, -0.2) is 58.0 Å². The summed E-state index contributed by atoms with van der Waals surface area (Å²) < 4.78 is 6.93. The Morgan fingerprint density at radius 3 is 2.70 bits per heavy atom. The van der Waals surface area contributed by atoms with E-state index < -0.39 is 17.6 Å². The molecular weight excluding hydrogens is 315 g/mol. The van der Waals surface area contributed by atoms with Crippen molar-refractivity contribution in [1.29, 1.82) is 0 Å². The number of benzene rings is 1. The summed E-state index contributed by atoms with van der Waals surface area (Å²) in [6.07, 6.45) is -0.0624. The van der Waals surface area contributed by atoms with Crippen molar-refractivity contribution in [1.82, 2.24) is 9.57 Å². The fraction of sp³-hybridized carbons (Fsp3) is 0.500. The van der Waals surface area contributed by atoms with Crippen LogP contribution in [0.3, 0.4) is 0 Å². The molecule has 2 fully saturated rings. The highest BCUT2D eigenvalue weighted by molar-refractivity contribution is 7.13. The maximum absolute atomic E-state index is 12.7. The second-order valence-corrected chi connectivity index (χ2v) is 7.09. The van der Waals surface area contributed by atoms with E-state index in [0.717, 1.165) is 5.56 Å². The fourth-order valence-electron chi connectivity index (χ4n) is 3.14. The van der Waals surface area contributed by atoms with Gasteiger partial charge in [0.25, 0.3) is 0 Å². The van der Waals surface area contributed by atoms with Gasteiger partial charge in [-0.15, -0.1) is 0 Å².